The minimum Gasteiger partial charge on any atom is -0.389 e. The summed E-state index contributed by atoms with van der Waals surface area (Å²) in [5, 5.41) is 11.2. The molecule has 3 nitrogen and oxygen atoms in total. The Balaban J connectivity index is 1.44. The van der Waals surface area contributed by atoms with Crippen LogP contribution in [0, 0.1) is 0 Å². The van der Waals surface area contributed by atoms with E-state index in [-0.39, 0.29) is 6.61 Å². The quantitative estimate of drug-likeness (QED) is 0.228. The summed E-state index contributed by atoms with van der Waals surface area (Å²) in [5.41, 5.74) is 11.7. The van der Waals surface area contributed by atoms with Gasteiger partial charge in [-0.15, -0.1) is 0 Å². The van der Waals surface area contributed by atoms with Gasteiger partial charge in [-0.2, -0.15) is 0 Å². The van der Waals surface area contributed by atoms with Gasteiger partial charge in [-0.05, 0) is 33.4 Å². The Morgan fingerprint density at radius 2 is 0.919 bits per heavy atom. The highest BCUT2D eigenvalue weighted by molar-refractivity contribution is 5.63. The predicted molar refractivity (Wildman–Crippen MR) is 150 cm³/mol. The topological polar surface area (TPSA) is 55.5 Å². The fourth-order valence-electron chi connectivity index (χ4n) is 4.83. The summed E-state index contributed by atoms with van der Waals surface area (Å²) in [4.78, 5) is 0. The Kier molecular flexibility index (Phi) is 7.57. The minimum absolute atomic E-state index is 0.0558. The Hall–Kier alpha value is -4.02. The van der Waals surface area contributed by atoms with Crippen LogP contribution in [0.25, 0.3) is 11.1 Å². The molecule has 0 saturated heterocycles. The molecule has 0 aromatic heterocycles. The lowest BCUT2D eigenvalue weighted by Gasteiger charge is -2.37. The van der Waals surface area contributed by atoms with E-state index in [9.17, 15) is 5.11 Å². The third kappa shape index (κ3) is 5.25. The van der Waals surface area contributed by atoms with Gasteiger partial charge in [0.05, 0.1) is 18.8 Å². The van der Waals surface area contributed by atoms with Gasteiger partial charge in [0.15, 0.2) is 0 Å². The predicted octanol–water partition coefficient (Wildman–Crippen LogP) is 6.72. The SMILES string of the molecule is N[C@H](c1ccc(-c2ccccc2)cc1)[C@@H](O)COC(c1ccccc1)(c1ccccc1)c1ccccc1. The van der Waals surface area contributed by atoms with Gasteiger partial charge in [0.1, 0.15) is 5.60 Å². The third-order valence-corrected chi connectivity index (χ3v) is 6.83. The summed E-state index contributed by atoms with van der Waals surface area (Å²) in [5.74, 6) is 0. The summed E-state index contributed by atoms with van der Waals surface area (Å²) in [7, 11) is 0. The number of nitrogens with two attached hydrogens (primary N) is 1. The molecule has 0 heterocycles. The van der Waals surface area contributed by atoms with E-state index in [0.29, 0.717) is 0 Å². The number of hydrogen-bond acceptors (Lipinski definition) is 3. The molecule has 0 unspecified atom stereocenters. The van der Waals surface area contributed by atoms with Gasteiger partial charge < -0.3 is 15.6 Å². The molecule has 5 aromatic carbocycles. The molecule has 184 valence electrons. The number of ether oxygens (including phenoxy) is 1. The first-order valence-corrected chi connectivity index (χ1v) is 12.6. The number of aliphatic hydroxyl groups excluding tert-OH is 1. The van der Waals surface area contributed by atoms with E-state index in [2.05, 4.69) is 48.5 Å². The molecular weight excluding hydrogens is 454 g/mol. The average Bonchev–Trinajstić information content (AvgIpc) is 2.99. The van der Waals surface area contributed by atoms with Crippen LogP contribution in [0.15, 0.2) is 146 Å². The number of hydrogen-bond donors (Lipinski definition) is 2. The Morgan fingerprint density at radius 1 is 0.541 bits per heavy atom. The fourth-order valence-corrected chi connectivity index (χ4v) is 4.83. The monoisotopic (exact) mass is 485 g/mol. The van der Waals surface area contributed by atoms with E-state index in [1.807, 2.05) is 97.1 Å². The molecule has 3 heteroatoms. The van der Waals surface area contributed by atoms with Crippen LogP contribution in [0.2, 0.25) is 0 Å². The molecular formula is C34H31NO2. The summed E-state index contributed by atoms with van der Waals surface area (Å²) < 4.78 is 6.76. The Bertz CT molecular complexity index is 1280. The molecule has 2 atom stereocenters. The van der Waals surface area contributed by atoms with E-state index in [1.165, 1.54) is 0 Å². The van der Waals surface area contributed by atoms with Crippen molar-refractivity contribution >= 4 is 0 Å². The third-order valence-electron chi connectivity index (χ3n) is 6.83. The van der Waals surface area contributed by atoms with Crippen LogP contribution in [0.5, 0.6) is 0 Å². The molecule has 0 aliphatic heterocycles. The second kappa shape index (κ2) is 11.4. The zero-order valence-electron chi connectivity index (χ0n) is 20.7. The van der Waals surface area contributed by atoms with Crippen molar-refractivity contribution in [2.24, 2.45) is 5.73 Å². The first-order chi connectivity index (χ1) is 18.2. The molecule has 0 radical (unpaired) electrons. The molecule has 37 heavy (non-hydrogen) atoms. The van der Waals surface area contributed by atoms with E-state index in [4.69, 9.17) is 10.5 Å². The van der Waals surface area contributed by atoms with Crippen LogP contribution in [0.1, 0.15) is 28.3 Å². The van der Waals surface area contributed by atoms with E-state index in [0.717, 1.165) is 33.4 Å². The lowest BCUT2D eigenvalue weighted by Crippen LogP contribution is -2.38. The fraction of sp³-hybridized carbons (Fsp3) is 0.118. The maximum absolute atomic E-state index is 11.2. The maximum atomic E-state index is 11.2. The molecule has 0 saturated carbocycles. The van der Waals surface area contributed by atoms with Crippen LogP contribution in [-0.2, 0) is 10.3 Å². The lowest BCUT2D eigenvalue weighted by molar-refractivity contribution is -0.0452. The molecule has 3 N–H and O–H groups in total. The van der Waals surface area contributed by atoms with E-state index >= 15 is 0 Å². The highest BCUT2D eigenvalue weighted by atomic mass is 16.5. The van der Waals surface area contributed by atoms with Crippen LogP contribution in [0.4, 0.5) is 0 Å². The molecule has 0 aliphatic rings. The number of aliphatic hydroxyl groups is 1. The lowest BCUT2D eigenvalue weighted by atomic mass is 9.80. The highest BCUT2D eigenvalue weighted by Crippen LogP contribution is 2.40. The first kappa shape index (κ1) is 24.7. The standard InChI is InChI=1S/C34H31NO2/c35-33(28-23-21-27(22-24-28)26-13-5-1-6-14-26)32(36)25-37-34(29-15-7-2-8-16-29,30-17-9-3-10-18-30)31-19-11-4-12-20-31/h1-24,32-33,36H,25,35H2/t32-,33+/m0/s1. The second-order valence-corrected chi connectivity index (χ2v) is 9.17. The average molecular weight is 486 g/mol. The van der Waals surface area contributed by atoms with Gasteiger partial charge in [0.25, 0.3) is 0 Å². The molecule has 0 fully saturated rings. The van der Waals surface area contributed by atoms with Crippen molar-refractivity contribution in [3.63, 3.8) is 0 Å². The van der Waals surface area contributed by atoms with Crippen LogP contribution in [-0.4, -0.2) is 17.8 Å². The van der Waals surface area contributed by atoms with Gasteiger partial charge in [-0.3, -0.25) is 0 Å². The van der Waals surface area contributed by atoms with Gasteiger partial charge in [0, 0.05) is 0 Å². The minimum atomic E-state index is -0.905. The summed E-state index contributed by atoms with van der Waals surface area (Å²) in [6, 6.07) is 48.1. The summed E-state index contributed by atoms with van der Waals surface area (Å²) >= 11 is 0. The van der Waals surface area contributed by atoms with Crippen molar-refractivity contribution in [2.45, 2.75) is 17.7 Å². The zero-order valence-corrected chi connectivity index (χ0v) is 20.7. The summed E-state index contributed by atoms with van der Waals surface area (Å²) in [6.07, 6.45) is -0.905. The molecule has 0 spiro atoms. The summed E-state index contributed by atoms with van der Waals surface area (Å²) in [6.45, 7) is 0.0558. The smallest absolute Gasteiger partial charge is 0.143 e. The van der Waals surface area contributed by atoms with Crippen molar-refractivity contribution in [3.8, 4) is 11.1 Å². The zero-order chi connectivity index (χ0) is 25.5. The molecule has 5 aromatic rings. The first-order valence-electron chi connectivity index (χ1n) is 12.6. The second-order valence-electron chi connectivity index (χ2n) is 9.17. The van der Waals surface area contributed by atoms with Crippen LogP contribution < -0.4 is 5.73 Å². The number of rotatable bonds is 9. The van der Waals surface area contributed by atoms with Crippen molar-refractivity contribution in [3.05, 3.63) is 168 Å². The molecule has 0 bridgehead atoms. The highest BCUT2D eigenvalue weighted by Gasteiger charge is 2.38. The van der Waals surface area contributed by atoms with Crippen molar-refractivity contribution in [1.82, 2.24) is 0 Å². The number of benzene rings is 5. The molecule has 0 amide bonds. The van der Waals surface area contributed by atoms with E-state index < -0.39 is 17.7 Å². The van der Waals surface area contributed by atoms with Crippen LogP contribution in [0.3, 0.4) is 0 Å². The van der Waals surface area contributed by atoms with Gasteiger partial charge in [-0.1, -0.05) is 146 Å². The van der Waals surface area contributed by atoms with Crippen molar-refractivity contribution in [2.75, 3.05) is 6.61 Å². The van der Waals surface area contributed by atoms with E-state index in [1.54, 1.807) is 0 Å². The van der Waals surface area contributed by atoms with Crippen molar-refractivity contribution in [1.29, 1.82) is 0 Å². The normalized spacial score (nSPS) is 13.1. The Labute approximate surface area is 218 Å². The van der Waals surface area contributed by atoms with Gasteiger partial charge >= 0.3 is 0 Å². The molecule has 0 aliphatic carbocycles. The Morgan fingerprint density at radius 3 is 1.35 bits per heavy atom. The molecule has 5 rings (SSSR count). The van der Waals surface area contributed by atoms with Gasteiger partial charge in [0.2, 0.25) is 0 Å². The van der Waals surface area contributed by atoms with Crippen molar-refractivity contribution < 1.29 is 9.84 Å². The largest absolute Gasteiger partial charge is 0.389 e. The van der Waals surface area contributed by atoms with Crippen LogP contribution >= 0.6 is 0 Å². The maximum Gasteiger partial charge on any atom is 0.143 e. The van der Waals surface area contributed by atoms with Gasteiger partial charge in [-0.25, -0.2) is 0 Å².